The fraction of sp³-hybridized carbons (Fsp3) is 0.500. The van der Waals surface area contributed by atoms with Gasteiger partial charge in [0.2, 0.25) is 0 Å². The van der Waals surface area contributed by atoms with E-state index in [-0.39, 0.29) is 18.8 Å². The van der Waals surface area contributed by atoms with Crippen molar-refractivity contribution in [3.63, 3.8) is 0 Å². The van der Waals surface area contributed by atoms with E-state index in [4.69, 9.17) is 32.7 Å². The zero-order valence-corrected chi connectivity index (χ0v) is 18.6. The number of anilines is 1. The van der Waals surface area contributed by atoms with Crippen molar-refractivity contribution in [1.29, 1.82) is 0 Å². The standard InChI is InChI=1S/C16H21ClO3.C6H6ClN3/c1-16(2)19-14-6-4-11(15(14)20-16)7-10-3-5-13(17)8-12(10)9-18;7-5-4-1-2-8-6(4)10-3-9-5/h3,5,8,11,14-15,18H,4,6-7,9H2,1-2H3;1-2,8,10H,3H2. The molecule has 5 rings (SSSR count). The summed E-state index contributed by atoms with van der Waals surface area (Å²) >= 11 is 11.8. The maximum Gasteiger partial charge on any atom is 0.163 e. The normalized spacial score (nSPS) is 26.2. The summed E-state index contributed by atoms with van der Waals surface area (Å²) in [5, 5.41) is 13.8. The van der Waals surface area contributed by atoms with Crippen LogP contribution in [-0.2, 0) is 22.5 Å². The predicted molar refractivity (Wildman–Crippen MR) is 119 cm³/mol. The molecule has 1 aliphatic carbocycles. The largest absolute Gasteiger partial charge is 0.392 e. The maximum absolute atomic E-state index is 9.47. The molecule has 162 valence electrons. The number of nitrogens with zero attached hydrogens (tertiary/aromatic N) is 1. The Morgan fingerprint density at radius 3 is 2.77 bits per heavy atom. The minimum atomic E-state index is -0.464. The molecule has 3 heterocycles. The van der Waals surface area contributed by atoms with Gasteiger partial charge < -0.3 is 24.9 Å². The van der Waals surface area contributed by atoms with Gasteiger partial charge in [0, 0.05) is 11.2 Å². The second-order valence-corrected chi connectivity index (χ2v) is 9.10. The van der Waals surface area contributed by atoms with Crippen molar-refractivity contribution >= 4 is 34.2 Å². The molecule has 3 aliphatic rings. The third-order valence-corrected chi connectivity index (χ3v) is 6.33. The van der Waals surface area contributed by atoms with Gasteiger partial charge in [-0.3, -0.25) is 4.99 Å². The second kappa shape index (κ2) is 8.89. The van der Waals surface area contributed by atoms with E-state index >= 15 is 0 Å². The number of benzene rings is 1. The zero-order chi connectivity index (χ0) is 21.3. The quantitative estimate of drug-likeness (QED) is 0.632. The summed E-state index contributed by atoms with van der Waals surface area (Å²) in [7, 11) is 0. The number of aliphatic imine (C=N–C) groups is 1. The highest BCUT2D eigenvalue weighted by molar-refractivity contribution is 6.70. The first-order chi connectivity index (χ1) is 14.4. The lowest BCUT2D eigenvalue weighted by Crippen LogP contribution is -2.26. The highest BCUT2D eigenvalue weighted by Gasteiger charge is 2.48. The number of nitrogens with one attached hydrogen (secondary N) is 2. The summed E-state index contributed by atoms with van der Waals surface area (Å²) in [6.07, 6.45) is 5.31. The smallest absolute Gasteiger partial charge is 0.163 e. The number of hydrogen-bond acceptors (Lipinski definition) is 5. The van der Waals surface area contributed by atoms with E-state index in [0.29, 0.717) is 22.8 Å². The molecule has 2 fully saturated rings. The minimum Gasteiger partial charge on any atom is -0.392 e. The Bertz CT molecular complexity index is 928. The van der Waals surface area contributed by atoms with Crippen LogP contribution in [0.2, 0.25) is 5.02 Å². The van der Waals surface area contributed by atoms with Gasteiger partial charge in [-0.05, 0) is 68.4 Å². The van der Waals surface area contributed by atoms with Crippen LogP contribution in [0.4, 0.5) is 5.82 Å². The number of fused-ring (bicyclic) bond motifs is 2. The molecule has 0 bridgehead atoms. The second-order valence-electron chi connectivity index (χ2n) is 8.30. The van der Waals surface area contributed by atoms with Crippen LogP contribution in [0.15, 0.2) is 35.5 Å². The Balaban J connectivity index is 0.000000181. The third kappa shape index (κ3) is 4.68. The monoisotopic (exact) mass is 451 g/mol. The van der Waals surface area contributed by atoms with Crippen LogP contribution in [0, 0.1) is 5.92 Å². The summed E-state index contributed by atoms with van der Waals surface area (Å²) in [5.74, 6) is 0.946. The molecule has 2 aliphatic heterocycles. The molecule has 0 spiro atoms. The van der Waals surface area contributed by atoms with Crippen molar-refractivity contribution in [2.24, 2.45) is 10.9 Å². The SMILES string of the molecule is CC1(C)OC2CCC(Cc3ccc(Cl)cc3CO)C2O1.ClC1=NCNc2[nH]ccc21. The molecular formula is C22H27Cl2N3O3. The number of rotatable bonds is 3. The van der Waals surface area contributed by atoms with Gasteiger partial charge in [0.1, 0.15) is 17.7 Å². The number of aromatic amines is 1. The Morgan fingerprint density at radius 2 is 2.00 bits per heavy atom. The van der Waals surface area contributed by atoms with E-state index in [1.165, 1.54) is 0 Å². The predicted octanol–water partition coefficient (Wildman–Crippen LogP) is 4.69. The lowest BCUT2D eigenvalue weighted by atomic mass is 9.93. The molecule has 2 aromatic rings. The Labute approximate surface area is 186 Å². The lowest BCUT2D eigenvalue weighted by molar-refractivity contribution is -0.156. The van der Waals surface area contributed by atoms with Crippen molar-refractivity contribution in [3.05, 3.63) is 52.2 Å². The van der Waals surface area contributed by atoms with Gasteiger partial charge in [-0.25, -0.2) is 0 Å². The lowest BCUT2D eigenvalue weighted by Gasteiger charge is -2.22. The van der Waals surface area contributed by atoms with E-state index < -0.39 is 5.79 Å². The zero-order valence-electron chi connectivity index (χ0n) is 17.1. The van der Waals surface area contributed by atoms with Crippen LogP contribution in [0.5, 0.6) is 0 Å². The molecule has 3 N–H and O–H groups in total. The first-order valence-corrected chi connectivity index (χ1v) is 11.0. The molecule has 0 radical (unpaired) electrons. The van der Waals surface area contributed by atoms with Crippen molar-refractivity contribution in [3.8, 4) is 0 Å². The summed E-state index contributed by atoms with van der Waals surface area (Å²) in [4.78, 5) is 7.01. The molecular weight excluding hydrogens is 425 g/mol. The number of ether oxygens (including phenoxy) is 2. The molecule has 1 aromatic carbocycles. The third-order valence-electron chi connectivity index (χ3n) is 5.77. The van der Waals surface area contributed by atoms with E-state index in [0.717, 1.165) is 41.8 Å². The molecule has 8 heteroatoms. The van der Waals surface area contributed by atoms with Gasteiger partial charge in [0.25, 0.3) is 0 Å². The Morgan fingerprint density at radius 1 is 1.17 bits per heavy atom. The molecule has 3 unspecified atom stereocenters. The molecule has 0 amide bonds. The number of aliphatic hydroxyl groups is 1. The van der Waals surface area contributed by atoms with Crippen molar-refractivity contribution in [1.82, 2.24) is 4.98 Å². The van der Waals surface area contributed by atoms with Gasteiger partial charge >= 0.3 is 0 Å². The van der Waals surface area contributed by atoms with E-state index in [1.54, 1.807) is 0 Å². The Kier molecular flexibility index (Phi) is 6.42. The van der Waals surface area contributed by atoms with Gasteiger partial charge in [-0.2, -0.15) is 0 Å². The maximum atomic E-state index is 9.47. The van der Waals surface area contributed by atoms with E-state index in [2.05, 4.69) is 15.3 Å². The summed E-state index contributed by atoms with van der Waals surface area (Å²) < 4.78 is 12.0. The fourth-order valence-corrected chi connectivity index (χ4v) is 4.84. The highest BCUT2D eigenvalue weighted by Crippen LogP contribution is 2.43. The molecule has 1 saturated heterocycles. The molecule has 6 nitrogen and oxygen atoms in total. The molecule has 3 atom stereocenters. The first-order valence-electron chi connectivity index (χ1n) is 10.2. The molecule has 1 aromatic heterocycles. The summed E-state index contributed by atoms with van der Waals surface area (Å²) in [6, 6.07) is 7.65. The number of halogens is 2. The van der Waals surface area contributed by atoms with Crippen LogP contribution < -0.4 is 5.32 Å². The average molecular weight is 452 g/mol. The first kappa shape index (κ1) is 21.7. The van der Waals surface area contributed by atoms with Crippen LogP contribution in [-0.4, -0.2) is 39.9 Å². The molecule has 1 saturated carbocycles. The summed E-state index contributed by atoms with van der Waals surface area (Å²) in [5.41, 5.74) is 3.03. The van der Waals surface area contributed by atoms with Crippen LogP contribution in [0.3, 0.4) is 0 Å². The Hall–Kier alpha value is -1.57. The topological polar surface area (TPSA) is 78.9 Å². The minimum absolute atomic E-state index is 0.0273. The van der Waals surface area contributed by atoms with Crippen molar-refractivity contribution < 1.29 is 14.6 Å². The number of aliphatic hydroxyl groups excluding tert-OH is 1. The van der Waals surface area contributed by atoms with Gasteiger partial charge in [-0.15, -0.1) is 0 Å². The van der Waals surface area contributed by atoms with Gasteiger partial charge in [0.15, 0.2) is 5.79 Å². The number of H-pyrrole nitrogens is 1. The van der Waals surface area contributed by atoms with Crippen LogP contribution >= 0.6 is 23.2 Å². The van der Waals surface area contributed by atoms with Crippen LogP contribution in [0.25, 0.3) is 0 Å². The highest BCUT2D eigenvalue weighted by atomic mass is 35.5. The van der Waals surface area contributed by atoms with E-state index in [1.807, 2.05) is 44.3 Å². The molecule has 30 heavy (non-hydrogen) atoms. The van der Waals surface area contributed by atoms with Crippen LogP contribution in [0.1, 0.15) is 43.4 Å². The van der Waals surface area contributed by atoms with Crippen molar-refractivity contribution in [2.45, 2.75) is 57.7 Å². The van der Waals surface area contributed by atoms with E-state index in [9.17, 15) is 5.11 Å². The number of hydrogen-bond donors (Lipinski definition) is 3. The van der Waals surface area contributed by atoms with Gasteiger partial charge in [0.05, 0.1) is 24.4 Å². The van der Waals surface area contributed by atoms with Crippen molar-refractivity contribution in [2.75, 3.05) is 12.0 Å². The fourth-order valence-electron chi connectivity index (χ4n) is 4.43. The summed E-state index contributed by atoms with van der Waals surface area (Å²) in [6.45, 7) is 4.54. The van der Waals surface area contributed by atoms with Gasteiger partial charge in [-0.1, -0.05) is 29.3 Å². The number of aromatic nitrogens is 1. The average Bonchev–Trinajstić information content (AvgIpc) is 3.39.